The van der Waals surface area contributed by atoms with Gasteiger partial charge in [0.1, 0.15) is 19.0 Å². The van der Waals surface area contributed by atoms with Crippen LogP contribution in [-0.2, 0) is 42.9 Å². The van der Waals surface area contributed by atoms with Crippen molar-refractivity contribution >= 4 is 30.1 Å². The van der Waals surface area contributed by atoms with E-state index in [-0.39, 0.29) is 6.61 Å². The van der Waals surface area contributed by atoms with Gasteiger partial charge in [-0.15, -0.1) is 0 Å². The van der Waals surface area contributed by atoms with Crippen molar-refractivity contribution < 1.29 is 42.9 Å². The Labute approximate surface area is 149 Å². The zero-order chi connectivity index (χ0) is 19.6. The molecule has 3 unspecified atom stereocenters. The van der Waals surface area contributed by atoms with Gasteiger partial charge in [0.2, 0.25) is 12.2 Å². The molecule has 10 nitrogen and oxygen atoms in total. The summed E-state index contributed by atoms with van der Waals surface area (Å²) in [4.78, 5) is 57.5. The maximum Gasteiger partial charge on any atom is 0.304 e. The lowest BCUT2D eigenvalue weighted by molar-refractivity contribution is -0.356. The Kier molecular flexibility index (Phi) is 5.65. The van der Waals surface area contributed by atoms with Crippen LogP contribution in [0.5, 0.6) is 0 Å². The molecule has 0 aromatic carbocycles. The summed E-state index contributed by atoms with van der Waals surface area (Å²) >= 11 is 0. The first-order chi connectivity index (χ1) is 12.1. The van der Waals surface area contributed by atoms with E-state index in [4.69, 9.17) is 18.9 Å². The molecule has 2 rings (SSSR count). The topological polar surface area (TPSA) is 134 Å². The minimum absolute atomic E-state index is 0.263. The predicted molar refractivity (Wildman–Crippen MR) is 81.9 cm³/mol. The second-order valence-corrected chi connectivity index (χ2v) is 6.29. The van der Waals surface area contributed by atoms with Gasteiger partial charge in [0.05, 0.1) is 17.8 Å². The van der Waals surface area contributed by atoms with E-state index in [0.29, 0.717) is 6.29 Å². The summed E-state index contributed by atoms with van der Waals surface area (Å²) in [5.74, 6) is -4.93. The van der Waals surface area contributed by atoms with Gasteiger partial charge in [0.15, 0.2) is 5.72 Å². The van der Waals surface area contributed by atoms with Crippen molar-refractivity contribution in [1.29, 1.82) is 0 Å². The van der Waals surface area contributed by atoms with Gasteiger partial charge in [0.25, 0.3) is 0 Å². The first-order valence-corrected chi connectivity index (χ1v) is 8.02. The highest BCUT2D eigenvalue weighted by Crippen LogP contribution is 2.56. The van der Waals surface area contributed by atoms with Crippen molar-refractivity contribution in [2.24, 2.45) is 17.8 Å². The number of rotatable bonds is 6. The van der Waals surface area contributed by atoms with Crippen molar-refractivity contribution in [3.05, 3.63) is 0 Å². The van der Waals surface area contributed by atoms with Crippen LogP contribution in [0.2, 0.25) is 0 Å². The minimum atomic E-state index is -1.47. The predicted octanol–water partition coefficient (Wildman–Crippen LogP) is -0.706. The molecule has 0 radical (unpaired) electrons. The van der Waals surface area contributed by atoms with E-state index in [2.05, 4.69) is 5.32 Å². The van der Waals surface area contributed by atoms with Crippen molar-refractivity contribution in [2.75, 3.05) is 6.61 Å². The fourth-order valence-electron chi connectivity index (χ4n) is 3.67. The number of carbonyl (C=O) groups is 5. The first kappa shape index (κ1) is 19.8. The van der Waals surface area contributed by atoms with E-state index in [1.54, 1.807) is 0 Å². The van der Waals surface area contributed by atoms with Gasteiger partial charge in [-0.3, -0.25) is 19.2 Å². The van der Waals surface area contributed by atoms with E-state index in [1.165, 1.54) is 27.7 Å². The van der Waals surface area contributed by atoms with Crippen LogP contribution in [0.15, 0.2) is 0 Å². The Bertz CT molecular complexity index is 633. The number of amides is 1. The molecule has 1 N–H and O–H groups in total. The van der Waals surface area contributed by atoms with E-state index in [0.717, 1.165) is 0 Å². The molecular formula is C16H21NO9. The summed E-state index contributed by atoms with van der Waals surface area (Å²) in [7, 11) is 0. The summed E-state index contributed by atoms with van der Waals surface area (Å²) in [6.45, 7) is 4.51. The quantitative estimate of drug-likeness (QED) is 0.365. The number of fused-ring (bicyclic) bond motifs is 1. The molecule has 0 bridgehead atoms. The summed E-state index contributed by atoms with van der Waals surface area (Å²) in [6, 6.07) is 0. The smallest absolute Gasteiger partial charge is 0.304 e. The highest BCUT2D eigenvalue weighted by Gasteiger charge is 2.74. The number of carbonyl (C=O) groups excluding carboxylic acids is 5. The van der Waals surface area contributed by atoms with Crippen molar-refractivity contribution in [3.8, 4) is 0 Å². The lowest BCUT2D eigenvalue weighted by Crippen LogP contribution is -2.71. The summed E-state index contributed by atoms with van der Waals surface area (Å²) < 4.78 is 21.0. The van der Waals surface area contributed by atoms with E-state index in [9.17, 15) is 24.0 Å². The van der Waals surface area contributed by atoms with Crippen LogP contribution in [0.25, 0.3) is 0 Å². The molecule has 1 heterocycles. The number of hydrogen-bond donors (Lipinski definition) is 1. The Balaban J connectivity index is 2.43. The summed E-state index contributed by atoms with van der Waals surface area (Å²) in [5, 5.41) is 2.61. The number of ether oxygens (including phenoxy) is 4. The Morgan fingerprint density at radius 2 is 1.65 bits per heavy atom. The highest BCUT2D eigenvalue weighted by atomic mass is 16.7. The number of aldehydes is 1. The third kappa shape index (κ3) is 3.55. The van der Waals surface area contributed by atoms with Gasteiger partial charge >= 0.3 is 17.9 Å². The first-order valence-electron chi connectivity index (χ1n) is 8.02. The van der Waals surface area contributed by atoms with Crippen LogP contribution in [0.3, 0.4) is 0 Å². The monoisotopic (exact) mass is 371 g/mol. The Morgan fingerprint density at radius 3 is 2.12 bits per heavy atom. The molecule has 26 heavy (non-hydrogen) atoms. The lowest BCUT2D eigenvalue weighted by atomic mass is 9.83. The molecule has 1 aliphatic carbocycles. The molecule has 0 aromatic heterocycles. The second-order valence-electron chi connectivity index (χ2n) is 6.29. The van der Waals surface area contributed by atoms with Crippen LogP contribution in [0.4, 0.5) is 0 Å². The van der Waals surface area contributed by atoms with E-state index in [1.807, 2.05) is 0 Å². The molecule has 1 amide bonds. The molecule has 1 saturated carbocycles. The maximum absolute atomic E-state index is 11.7. The van der Waals surface area contributed by atoms with Crippen LogP contribution < -0.4 is 5.32 Å². The molecule has 6 atom stereocenters. The molecule has 0 spiro atoms. The highest BCUT2D eigenvalue weighted by molar-refractivity contribution is 5.75. The normalized spacial score (nSPS) is 34.7. The average Bonchev–Trinajstić information content (AvgIpc) is 2.66. The van der Waals surface area contributed by atoms with E-state index >= 15 is 0 Å². The Morgan fingerprint density at radius 1 is 1.04 bits per heavy atom. The minimum Gasteiger partial charge on any atom is -0.465 e. The molecule has 2 fully saturated rings. The molecule has 0 aromatic rings. The van der Waals surface area contributed by atoms with Crippen LogP contribution in [0.1, 0.15) is 27.7 Å². The van der Waals surface area contributed by atoms with Crippen LogP contribution in [-0.4, -0.2) is 54.8 Å². The van der Waals surface area contributed by atoms with Gasteiger partial charge in [-0.2, -0.15) is 0 Å². The van der Waals surface area contributed by atoms with Crippen molar-refractivity contribution in [2.45, 2.75) is 45.8 Å². The molecule has 144 valence electrons. The fourth-order valence-corrected chi connectivity index (χ4v) is 3.67. The number of esters is 3. The second kappa shape index (κ2) is 7.40. The molecule has 1 aliphatic heterocycles. The van der Waals surface area contributed by atoms with Gasteiger partial charge < -0.3 is 29.1 Å². The van der Waals surface area contributed by atoms with Crippen LogP contribution in [0, 0.1) is 17.8 Å². The maximum atomic E-state index is 11.7. The van der Waals surface area contributed by atoms with Gasteiger partial charge in [-0.05, 0) is 0 Å². The zero-order valence-corrected chi connectivity index (χ0v) is 14.8. The molecule has 2 aliphatic rings. The van der Waals surface area contributed by atoms with Crippen LogP contribution >= 0.6 is 0 Å². The summed E-state index contributed by atoms with van der Waals surface area (Å²) in [5.41, 5.74) is -1.47. The third-order valence-electron chi connectivity index (χ3n) is 4.42. The van der Waals surface area contributed by atoms with E-state index < -0.39 is 59.7 Å². The van der Waals surface area contributed by atoms with Gasteiger partial charge in [-0.25, -0.2) is 0 Å². The zero-order valence-electron chi connectivity index (χ0n) is 14.8. The summed E-state index contributed by atoms with van der Waals surface area (Å²) in [6.07, 6.45) is -1.57. The van der Waals surface area contributed by atoms with Gasteiger partial charge in [-0.1, -0.05) is 0 Å². The lowest BCUT2D eigenvalue weighted by Gasteiger charge is -2.52. The average molecular weight is 371 g/mol. The molecule has 1 saturated heterocycles. The Hall–Kier alpha value is -2.49. The number of hydrogen-bond acceptors (Lipinski definition) is 9. The van der Waals surface area contributed by atoms with Gasteiger partial charge in [0, 0.05) is 27.7 Å². The molecule has 10 heteroatoms. The fraction of sp³-hybridized carbons (Fsp3) is 0.688. The number of nitrogens with one attached hydrogen (secondary N) is 1. The third-order valence-corrected chi connectivity index (χ3v) is 4.42. The SMILES string of the molecule is CC(=O)N[C@@]12O[C@@H](OC(C)=O)C1C(C=O)[C@H](OC(C)=O)C2COC(C)=O. The largest absolute Gasteiger partial charge is 0.465 e. The molecular weight excluding hydrogens is 350 g/mol. The van der Waals surface area contributed by atoms with Crippen molar-refractivity contribution in [1.82, 2.24) is 5.32 Å². The van der Waals surface area contributed by atoms with Crippen molar-refractivity contribution in [3.63, 3.8) is 0 Å². The standard InChI is InChI=1S/C16H21NO9/c1-7(19)17-16-12(6-23-8(2)20)14(24-9(3)21)11(5-18)13(16)15(26-16)25-10(4)22/h5,11-15H,6H2,1-4H3,(H,17,19)/t11?,12?,13?,14-,15+,16-/m0/s1.